The Labute approximate surface area is 83.1 Å². The maximum atomic E-state index is 11.6. The molecule has 3 fully saturated rings. The maximum Gasteiger partial charge on any atom is 0.136 e. The van der Waals surface area contributed by atoms with Gasteiger partial charge >= 0.3 is 0 Å². The zero-order valence-electron chi connectivity index (χ0n) is 8.15. The second kappa shape index (κ2) is 2.58. The van der Waals surface area contributed by atoms with Crippen LogP contribution < -0.4 is 0 Å². The second-order valence-electron chi connectivity index (χ2n) is 5.16. The van der Waals surface area contributed by atoms with Gasteiger partial charge in [-0.05, 0) is 25.2 Å². The van der Waals surface area contributed by atoms with E-state index >= 15 is 0 Å². The molecular formula is C11H16O3. The lowest BCUT2D eigenvalue weighted by Crippen LogP contribution is -2.58. The van der Waals surface area contributed by atoms with Crippen molar-refractivity contribution in [1.82, 2.24) is 0 Å². The molecular weight excluding hydrogens is 180 g/mol. The Hall–Kier alpha value is -0.410. The molecule has 0 aromatic carbocycles. The fourth-order valence-electron chi connectivity index (χ4n) is 4.32. The molecule has 5 unspecified atom stereocenters. The van der Waals surface area contributed by atoms with Crippen molar-refractivity contribution in [1.29, 1.82) is 0 Å². The predicted octanol–water partition coefficient (Wildman–Crippen LogP) is 0.345. The summed E-state index contributed by atoms with van der Waals surface area (Å²) in [6.07, 6.45) is 2.94. The molecule has 3 heteroatoms. The standard InChI is InChI=1S/C11H16O3/c12-5-11-4-3-8(14)10(11)9-6(11)1-2-7(9)13/h6,8-10,12,14H,1-5H2. The van der Waals surface area contributed by atoms with Crippen LogP contribution in [0.2, 0.25) is 0 Å². The number of hydrogen-bond acceptors (Lipinski definition) is 3. The summed E-state index contributed by atoms with van der Waals surface area (Å²) in [7, 11) is 0. The van der Waals surface area contributed by atoms with Crippen molar-refractivity contribution in [3.63, 3.8) is 0 Å². The van der Waals surface area contributed by atoms with Gasteiger partial charge in [0, 0.05) is 30.3 Å². The van der Waals surface area contributed by atoms with E-state index in [1.807, 2.05) is 0 Å². The molecule has 3 aliphatic carbocycles. The number of fused-ring (bicyclic) bond motifs is 4. The molecule has 3 nitrogen and oxygen atoms in total. The Balaban J connectivity index is 1.96. The number of rotatable bonds is 1. The smallest absolute Gasteiger partial charge is 0.136 e. The summed E-state index contributed by atoms with van der Waals surface area (Å²) >= 11 is 0. The molecule has 3 rings (SSSR count). The van der Waals surface area contributed by atoms with Crippen molar-refractivity contribution in [3.8, 4) is 0 Å². The highest BCUT2D eigenvalue weighted by Gasteiger charge is 2.69. The Kier molecular flexibility index (Phi) is 1.63. The lowest BCUT2D eigenvalue weighted by atomic mass is 9.49. The van der Waals surface area contributed by atoms with Crippen LogP contribution >= 0.6 is 0 Å². The number of aliphatic hydroxyl groups excluding tert-OH is 2. The molecule has 0 spiro atoms. The van der Waals surface area contributed by atoms with Gasteiger partial charge in [0.2, 0.25) is 0 Å². The molecule has 0 bridgehead atoms. The quantitative estimate of drug-likeness (QED) is 0.636. The minimum atomic E-state index is -0.342. The van der Waals surface area contributed by atoms with Crippen molar-refractivity contribution < 1.29 is 15.0 Å². The van der Waals surface area contributed by atoms with Crippen LogP contribution in [0.15, 0.2) is 0 Å². The van der Waals surface area contributed by atoms with E-state index in [2.05, 4.69) is 0 Å². The average Bonchev–Trinajstić information content (AvgIpc) is 2.58. The minimum absolute atomic E-state index is 0.0764. The number of ketones is 1. The first-order chi connectivity index (χ1) is 6.70. The molecule has 0 heterocycles. The third kappa shape index (κ3) is 0.751. The van der Waals surface area contributed by atoms with E-state index < -0.39 is 0 Å². The molecule has 0 aromatic rings. The normalized spacial score (nSPS) is 55.4. The monoisotopic (exact) mass is 196 g/mol. The van der Waals surface area contributed by atoms with Crippen LogP contribution in [0.5, 0.6) is 0 Å². The predicted molar refractivity (Wildman–Crippen MR) is 49.5 cm³/mol. The van der Waals surface area contributed by atoms with Crippen LogP contribution in [0, 0.1) is 23.2 Å². The first-order valence-corrected chi connectivity index (χ1v) is 5.52. The van der Waals surface area contributed by atoms with Gasteiger partial charge in [-0.1, -0.05) is 0 Å². The summed E-state index contributed by atoms with van der Waals surface area (Å²) in [4.78, 5) is 11.6. The van der Waals surface area contributed by atoms with Gasteiger partial charge in [-0.3, -0.25) is 4.79 Å². The van der Waals surface area contributed by atoms with E-state index in [0.29, 0.717) is 18.1 Å². The molecule has 0 saturated heterocycles. The summed E-state index contributed by atoms with van der Waals surface area (Å²) in [5.41, 5.74) is -0.0871. The Morgan fingerprint density at radius 3 is 2.93 bits per heavy atom. The average molecular weight is 196 g/mol. The first kappa shape index (κ1) is 8.86. The highest BCUT2D eigenvalue weighted by Crippen LogP contribution is 2.68. The van der Waals surface area contributed by atoms with Crippen molar-refractivity contribution in [2.45, 2.75) is 31.8 Å². The van der Waals surface area contributed by atoms with Crippen LogP contribution in [0.25, 0.3) is 0 Å². The van der Waals surface area contributed by atoms with E-state index in [1.165, 1.54) is 0 Å². The van der Waals surface area contributed by atoms with Crippen LogP contribution in [0.3, 0.4) is 0 Å². The number of Topliss-reactive ketones (excluding diaryl/α,β-unsaturated/α-hetero) is 1. The lowest BCUT2D eigenvalue weighted by molar-refractivity contribution is -0.160. The van der Waals surface area contributed by atoms with Gasteiger partial charge in [-0.25, -0.2) is 0 Å². The van der Waals surface area contributed by atoms with Gasteiger partial charge in [0.25, 0.3) is 0 Å². The fourth-order valence-corrected chi connectivity index (χ4v) is 4.32. The summed E-state index contributed by atoms with van der Waals surface area (Å²) in [5, 5.41) is 19.3. The number of hydrogen-bond donors (Lipinski definition) is 2. The van der Waals surface area contributed by atoms with Crippen LogP contribution in [0.4, 0.5) is 0 Å². The maximum absolute atomic E-state index is 11.6. The summed E-state index contributed by atoms with van der Waals surface area (Å²) in [5.74, 6) is 0.860. The number of aliphatic hydroxyl groups is 2. The molecule has 0 radical (unpaired) electrons. The summed E-state index contributed by atoms with van der Waals surface area (Å²) < 4.78 is 0. The third-order valence-electron chi connectivity index (χ3n) is 4.91. The largest absolute Gasteiger partial charge is 0.396 e. The van der Waals surface area contributed by atoms with E-state index in [9.17, 15) is 15.0 Å². The first-order valence-electron chi connectivity index (χ1n) is 5.52. The summed E-state index contributed by atoms with van der Waals surface area (Å²) in [6, 6.07) is 0. The van der Waals surface area contributed by atoms with Gasteiger partial charge < -0.3 is 10.2 Å². The highest BCUT2D eigenvalue weighted by molar-refractivity contribution is 5.85. The molecule has 78 valence electrons. The molecule has 0 amide bonds. The topological polar surface area (TPSA) is 57.5 Å². The van der Waals surface area contributed by atoms with Gasteiger partial charge in [-0.15, -0.1) is 0 Å². The minimum Gasteiger partial charge on any atom is -0.396 e. The van der Waals surface area contributed by atoms with Crippen molar-refractivity contribution in [2.24, 2.45) is 23.2 Å². The Morgan fingerprint density at radius 1 is 1.43 bits per heavy atom. The van der Waals surface area contributed by atoms with Crippen LogP contribution in [-0.4, -0.2) is 28.7 Å². The van der Waals surface area contributed by atoms with Gasteiger partial charge in [0.15, 0.2) is 0 Å². The zero-order valence-corrected chi connectivity index (χ0v) is 8.15. The molecule has 3 saturated carbocycles. The summed E-state index contributed by atoms with van der Waals surface area (Å²) in [6.45, 7) is 0.156. The van der Waals surface area contributed by atoms with Gasteiger partial charge in [0.1, 0.15) is 5.78 Å². The van der Waals surface area contributed by atoms with Crippen molar-refractivity contribution >= 4 is 5.78 Å². The van der Waals surface area contributed by atoms with Crippen LogP contribution in [-0.2, 0) is 4.79 Å². The molecule has 0 aromatic heterocycles. The third-order valence-corrected chi connectivity index (χ3v) is 4.91. The number of carbonyl (C=O) groups excluding carboxylic acids is 1. The SMILES string of the molecule is O=C1CCC2C1C1C(O)CCC21CO. The second-order valence-corrected chi connectivity index (χ2v) is 5.16. The highest BCUT2D eigenvalue weighted by atomic mass is 16.3. The van der Waals surface area contributed by atoms with Gasteiger partial charge in [0.05, 0.1) is 6.10 Å². The number of carbonyl (C=O) groups is 1. The lowest BCUT2D eigenvalue weighted by Gasteiger charge is -2.55. The Bertz CT molecular complexity index is 288. The van der Waals surface area contributed by atoms with E-state index in [1.54, 1.807) is 0 Å². The Morgan fingerprint density at radius 2 is 2.21 bits per heavy atom. The molecule has 2 N–H and O–H groups in total. The molecule has 14 heavy (non-hydrogen) atoms. The van der Waals surface area contributed by atoms with E-state index in [4.69, 9.17) is 0 Å². The van der Waals surface area contributed by atoms with E-state index in [0.717, 1.165) is 19.3 Å². The van der Waals surface area contributed by atoms with Crippen molar-refractivity contribution in [3.05, 3.63) is 0 Å². The zero-order chi connectivity index (χ0) is 9.92. The molecule has 5 atom stereocenters. The van der Waals surface area contributed by atoms with Crippen molar-refractivity contribution in [2.75, 3.05) is 6.61 Å². The molecule has 0 aliphatic heterocycles. The molecule has 3 aliphatic rings. The van der Waals surface area contributed by atoms with Crippen LogP contribution in [0.1, 0.15) is 25.7 Å². The van der Waals surface area contributed by atoms with E-state index in [-0.39, 0.29) is 30.0 Å². The van der Waals surface area contributed by atoms with Gasteiger partial charge in [-0.2, -0.15) is 0 Å². The fraction of sp³-hybridized carbons (Fsp3) is 0.909.